The van der Waals surface area contributed by atoms with Gasteiger partial charge in [0.25, 0.3) is 11.5 Å². The minimum Gasteiger partial charge on any atom is -0.479 e. The Hall–Kier alpha value is -2.42. The molecule has 1 aromatic heterocycles. The number of aromatic nitrogens is 2. The van der Waals surface area contributed by atoms with Crippen molar-refractivity contribution in [2.45, 2.75) is 6.10 Å². The predicted molar refractivity (Wildman–Crippen MR) is 53.7 cm³/mol. The third-order valence-electron chi connectivity index (χ3n) is 1.80. The number of carbonyl (C=O) groups is 2. The molecule has 1 unspecified atom stereocenters. The van der Waals surface area contributed by atoms with E-state index >= 15 is 0 Å². The van der Waals surface area contributed by atoms with Gasteiger partial charge in [0.2, 0.25) is 0 Å². The zero-order valence-corrected chi connectivity index (χ0v) is 8.39. The number of nitrogens with one attached hydrogen (secondary N) is 3. The van der Waals surface area contributed by atoms with Crippen LogP contribution in [0, 0.1) is 0 Å². The van der Waals surface area contributed by atoms with Crippen molar-refractivity contribution in [1.82, 2.24) is 15.3 Å². The van der Waals surface area contributed by atoms with E-state index in [1.165, 1.54) is 0 Å². The molecule has 1 heterocycles. The molecule has 1 rings (SSSR count). The maximum atomic E-state index is 11.3. The first kappa shape index (κ1) is 12.6. The number of aliphatic carboxylic acids is 1. The quantitative estimate of drug-likeness (QED) is 0.386. The van der Waals surface area contributed by atoms with Gasteiger partial charge in [0.05, 0.1) is 6.54 Å². The van der Waals surface area contributed by atoms with Crippen molar-refractivity contribution < 1.29 is 19.8 Å². The fourth-order valence-electron chi connectivity index (χ4n) is 0.950. The number of hydrogen-bond donors (Lipinski definition) is 5. The van der Waals surface area contributed by atoms with Crippen LogP contribution in [0.15, 0.2) is 15.8 Å². The molecule has 0 bridgehead atoms. The molecule has 9 nitrogen and oxygen atoms in total. The van der Waals surface area contributed by atoms with Crippen LogP contribution < -0.4 is 16.6 Å². The van der Waals surface area contributed by atoms with Crippen molar-refractivity contribution >= 4 is 11.9 Å². The van der Waals surface area contributed by atoms with Crippen LogP contribution in [0.4, 0.5) is 0 Å². The minimum atomic E-state index is -1.76. The Morgan fingerprint density at radius 1 is 1.41 bits per heavy atom. The summed E-state index contributed by atoms with van der Waals surface area (Å²) in [5.74, 6) is -2.40. The molecule has 1 aromatic rings. The molecule has 1 amide bonds. The molecule has 0 radical (unpaired) electrons. The van der Waals surface area contributed by atoms with Crippen LogP contribution >= 0.6 is 0 Å². The standard InChI is InChI=1S/C8H9N3O6/c12-4(7(15)16)2-9-5(13)3-1-10-8(17)11-6(3)14/h1,4,12H,2H2,(H,9,13)(H,15,16)(H2,10,11,14,17). The van der Waals surface area contributed by atoms with Crippen molar-refractivity contribution in [2.24, 2.45) is 0 Å². The monoisotopic (exact) mass is 243 g/mol. The molecular weight excluding hydrogens is 234 g/mol. The molecular formula is C8H9N3O6. The Morgan fingerprint density at radius 2 is 2.06 bits per heavy atom. The molecule has 0 fully saturated rings. The zero-order valence-electron chi connectivity index (χ0n) is 8.39. The van der Waals surface area contributed by atoms with Gasteiger partial charge >= 0.3 is 11.7 Å². The largest absolute Gasteiger partial charge is 0.479 e. The number of aromatic amines is 2. The summed E-state index contributed by atoms with van der Waals surface area (Å²) in [6.45, 7) is -0.549. The molecule has 5 N–H and O–H groups in total. The summed E-state index contributed by atoms with van der Waals surface area (Å²) in [4.78, 5) is 47.3. The number of rotatable bonds is 4. The second kappa shape index (κ2) is 5.07. The highest BCUT2D eigenvalue weighted by atomic mass is 16.4. The van der Waals surface area contributed by atoms with Gasteiger partial charge in [0.15, 0.2) is 6.10 Å². The van der Waals surface area contributed by atoms with Crippen molar-refractivity contribution in [3.05, 3.63) is 32.6 Å². The molecule has 0 saturated carbocycles. The van der Waals surface area contributed by atoms with Gasteiger partial charge in [0.1, 0.15) is 5.56 Å². The van der Waals surface area contributed by atoms with Crippen molar-refractivity contribution in [1.29, 1.82) is 0 Å². The number of aliphatic hydroxyl groups is 1. The minimum absolute atomic E-state index is 0.387. The lowest BCUT2D eigenvalue weighted by Crippen LogP contribution is -2.39. The summed E-state index contributed by atoms with van der Waals surface area (Å²) in [6, 6.07) is 0. The number of H-pyrrole nitrogens is 2. The third kappa shape index (κ3) is 3.28. The van der Waals surface area contributed by atoms with Gasteiger partial charge in [-0.3, -0.25) is 14.6 Å². The summed E-state index contributed by atoms with van der Waals surface area (Å²) in [5.41, 5.74) is -2.06. The molecule has 17 heavy (non-hydrogen) atoms. The van der Waals surface area contributed by atoms with Gasteiger partial charge in [-0.25, -0.2) is 9.59 Å². The smallest absolute Gasteiger partial charge is 0.334 e. The molecule has 0 aliphatic rings. The average molecular weight is 243 g/mol. The van der Waals surface area contributed by atoms with E-state index in [0.29, 0.717) is 0 Å². The molecule has 92 valence electrons. The Labute approximate surface area is 93.1 Å². The maximum Gasteiger partial charge on any atom is 0.334 e. The van der Waals surface area contributed by atoms with Gasteiger partial charge in [0, 0.05) is 6.20 Å². The van der Waals surface area contributed by atoms with E-state index in [2.05, 4.69) is 4.98 Å². The second-order valence-electron chi connectivity index (χ2n) is 3.05. The van der Waals surface area contributed by atoms with Crippen molar-refractivity contribution in [2.75, 3.05) is 6.54 Å². The van der Waals surface area contributed by atoms with E-state index in [4.69, 9.17) is 10.2 Å². The number of carbonyl (C=O) groups excluding carboxylic acids is 1. The fraction of sp³-hybridized carbons (Fsp3) is 0.250. The summed E-state index contributed by atoms with van der Waals surface area (Å²) in [7, 11) is 0. The van der Waals surface area contributed by atoms with Gasteiger partial charge in [-0.15, -0.1) is 0 Å². The lowest BCUT2D eigenvalue weighted by Gasteiger charge is -2.06. The molecule has 0 aliphatic heterocycles. The third-order valence-corrected chi connectivity index (χ3v) is 1.80. The van der Waals surface area contributed by atoms with E-state index in [1.807, 2.05) is 10.3 Å². The number of hydrogen-bond acceptors (Lipinski definition) is 5. The van der Waals surface area contributed by atoms with Crippen LogP contribution in [0.3, 0.4) is 0 Å². The van der Waals surface area contributed by atoms with Gasteiger partial charge in [-0.2, -0.15) is 0 Å². The Balaban J connectivity index is 2.74. The highest BCUT2D eigenvalue weighted by Crippen LogP contribution is 1.86. The molecule has 0 saturated heterocycles. The van der Waals surface area contributed by atoms with Gasteiger partial charge in [-0.05, 0) is 0 Å². The van der Waals surface area contributed by atoms with Gasteiger partial charge in [-0.1, -0.05) is 0 Å². The van der Waals surface area contributed by atoms with Crippen LogP contribution in [0.2, 0.25) is 0 Å². The molecule has 0 spiro atoms. The van der Waals surface area contributed by atoms with Crippen molar-refractivity contribution in [3.8, 4) is 0 Å². The summed E-state index contributed by atoms with van der Waals surface area (Å²) in [5, 5.41) is 19.2. The highest BCUT2D eigenvalue weighted by molar-refractivity contribution is 5.93. The number of carboxylic acid groups (broad SMARTS) is 1. The SMILES string of the molecule is O=C(NCC(O)C(=O)O)c1c[nH]c(=O)[nH]c1=O. The summed E-state index contributed by atoms with van der Waals surface area (Å²) < 4.78 is 0. The molecule has 1 atom stereocenters. The van der Waals surface area contributed by atoms with Crippen molar-refractivity contribution in [3.63, 3.8) is 0 Å². The van der Waals surface area contributed by atoms with Crippen LogP contribution in [0.25, 0.3) is 0 Å². The number of aliphatic hydroxyl groups excluding tert-OH is 1. The first-order chi connectivity index (χ1) is 7.91. The van der Waals surface area contributed by atoms with Crippen LogP contribution in [0.1, 0.15) is 10.4 Å². The zero-order chi connectivity index (χ0) is 13.0. The fourth-order valence-corrected chi connectivity index (χ4v) is 0.950. The predicted octanol–water partition coefficient (Wildman–Crippen LogP) is -2.76. The lowest BCUT2D eigenvalue weighted by molar-refractivity contribution is -0.146. The van der Waals surface area contributed by atoms with Crippen LogP contribution in [-0.4, -0.2) is 44.7 Å². The number of carboxylic acids is 1. The summed E-state index contributed by atoms with van der Waals surface area (Å²) in [6.07, 6.45) is -0.871. The lowest BCUT2D eigenvalue weighted by atomic mass is 10.3. The Bertz CT molecular complexity index is 545. The molecule has 0 aromatic carbocycles. The van der Waals surface area contributed by atoms with Gasteiger partial charge < -0.3 is 20.5 Å². The van der Waals surface area contributed by atoms with E-state index in [9.17, 15) is 19.2 Å². The topological polar surface area (TPSA) is 152 Å². The highest BCUT2D eigenvalue weighted by Gasteiger charge is 2.16. The summed E-state index contributed by atoms with van der Waals surface area (Å²) >= 11 is 0. The molecule has 9 heteroatoms. The van der Waals surface area contributed by atoms with Crippen LogP contribution in [0.5, 0.6) is 0 Å². The second-order valence-corrected chi connectivity index (χ2v) is 3.05. The van der Waals surface area contributed by atoms with E-state index < -0.39 is 35.8 Å². The Kier molecular flexibility index (Phi) is 3.78. The average Bonchev–Trinajstić information content (AvgIpc) is 2.25. The number of amides is 1. The Morgan fingerprint density at radius 3 is 2.59 bits per heavy atom. The maximum absolute atomic E-state index is 11.3. The van der Waals surface area contributed by atoms with E-state index in [1.54, 1.807) is 0 Å². The van der Waals surface area contributed by atoms with E-state index in [0.717, 1.165) is 6.20 Å². The first-order valence-electron chi connectivity index (χ1n) is 4.43. The van der Waals surface area contributed by atoms with Crippen LogP contribution in [-0.2, 0) is 4.79 Å². The molecule has 0 aliphatic carbocycles. The first-order valence-corrected chi connectivity index (χ1v) is 4.43. The van der Waals surface area contributed by atoms with E-state index in [-0.39, 0.29) is 5.56 Å². The normalized spacial score (nSPS) is 11.8.